The lowest BCUT2D eigenvalue weighted by Gasteiger charge is -1.81. The van der Waals surface area contributed by atoms with Crippen LogP contribution in [0.4, 0.5) is 0 Å². The minimum atomic E-state index is -0.137. The molecule has 0 radical (unpaired) electrons. The first kappa shape index (κ1) is 6.69. The Morgan fingerprint density at radius 2 is 2.43 bits per heavy atom. The molecule has 0 aliphatic rings. The van der Waals surface area contributed by atoms with Crippen LogP contribution in [0.5, 0.6) is 0 Å². The molecule has 0 saturated heterocycles. The van der Waals surface area contributed by atoms with Gasteiger partial charge in [-0.2, -0.15) is 0 Å². The van der Waals surface area contributed by atoms with Gasteiger partial charge in [-0.1, -0.05) is 6.08 Å². The van der Waals surface area contributed by atoms with Crippen LogP contribution in [0.2, 0.25) is 0 Å². The highest BCUT2D eigenvalue weighted by molar-refractivity contribution is 9.08. The van der Waals surface area contributed by atoms with Crippen LogP contribution in [-0.2, 0) is 4.79 Å². The van der Waals surface area contributed by atoms with Crippen LogP contribution in [0.15, 0.2) is 12.2 Å². The van der Waals surface area contributed by atoms with E-state index in [-0.39, 0.29) is 5.91 Å². The predicted molar refractivity (Wildman–Crippen MR) is 31.9 cm³/mol. The molecule has 0 aromatic heterocycles. The van der Waals surface area contributed by atoms with Crippen molar-refractivity contribution in [1.29, 1.82) is 0 Å². The molecule has 0 atom stereocenters. The lowest BCUT2D eigenvalue weighted by atomic mass is 10.5. The third kappa shape index (κ3) is 3.52. The molecular weight excluding hydrogens is 158 g/mol. The molecule has 2 nitrogen and oxygen atoms in total. The molecule has 0 heterocycles. The molecule has 0 spiro atoms. The number of amides is 1. The highest BCUT2D eigenvalue weighted by atomic mass is 79.9. The quantitative estimate of drug-likeness (QED) is 0.454. The minimum Gasteiger partial charge on any atom is -0.289 e. The minimum absolute atomic E-state index is 0.137. The van der Waals surface area contributed by atoms with E-state index in [1.54, 1.807) is 13.0 Å². The zero-order valence-electron chi connectivity index (χ0n) is 3.94. The van der Waals surface area contributed by atoms with Gasteiger partial charge in [-0.3, -0.25) is 9.14 Å². The van der Waals surface area contributed by atoms with Gasteiger partial charge in [0.2, 0.25) is 0 Å². The van der Waals surface area contributed by atoms with Crippen LogP contribution < -0.4 is 4.34 Å². The van der Waals surface area contributed by atoms with Gasteiger partial charge in [0.25, 0.3) is 5.91 Å². The van der Waals surface area contributed by atoms with Crippen LogP contribution in [0, 0.1) is 0 Å². The maximum atomic E-state index is 10.2. The van der Waals surface area contributed by atoms with Crippen molar-refractivity contribution in [2.45, 2.75) is 6.92 Å². The second kappa shape index (κ2) is 3.87. The smallest absolute Gasteiger partial charge is 0.253 e. The Bertz CT molecular complexity index is 89.7. The highest BCUT2D eigenvalue weighted by Crippen LogP contribution is 1.73. The van der Waals surface area contributed by atoms with Gasteiger partial charge in [0.05, 0.1) is 0 Å². The highest BCUT2D eigenvalue weighted by Gasteiger charge is 1.83. The van der Waals surface area contributed by atoms with Crippen LogP contribution in [0.1, 0.15) is 6.92 Å². The number of carbonyl (C=O) groups is 1. The van der Waals surface area contributed by atoms with Gasteiger partial charge < -0.3 is 0 Å². The van der Waals surface area contributed by atoms with Crippen molar-refractivity contribution in [2.24, 2.45) is 0 Å². The van der Waals surface area contributed by atoms with Crippen LogP contribution in [0.3, 0.4) is 0 Å². The predicted octanol–water partition coefficient (Wildman–Crippen LogP) is 0.989. The van der Waals surface area contributed by atoms with Crippen molar-refractivity contribution in [3.63, 3.8) is 0 Å². The van der Waals surface area contributed by atoms with Crippen molar-refractivity contribution in [3.8, 4) is 0 Å². The molecule has 0 fully saturated rings. The molecule has 0 aliphatic carbocycles. The summed E-state index contributed by atoms with van der Waals surface area (Å²) in [7, 11) is 0. The second-order valence-corrected chi connectivity index (χ2v) is 1.36. The number of halogens is 1. The first-order valence-corrected chi connectivity index (χ1v) is 2.64. The van der Waals surface area contributed by atoms with E-state index < -0.39 is 0 Å². The second-order valence-electron chi connectivity index (χ2n) is 0.959. The van der Waals surface area contributed by atoms with Gasteiger partial charge in [-0.25, -0.2) is 0 Å². The average molecular weight is 164 g/mol. The summed E-state index contributed by atoms with van der Waals surface area (Å²) < 4.78 is 2.25. The maximum Gasteiger partial charge on any atom is 0.253 e. The van der Waals surface area contributed by atoms with E-state index in [9.17, 15) is 4.79 Å². The lowest BCUT2D eigenvalue weighted by Crippen LogP contribution is -2.06. The third-order valence-electron chi connectivity index (χ3n) is 0.411. The summed E-state index contributed by atoms with van der Waals surface area (Å²) in [4.78, 5) is 10.2. The summed E-state index contributed by atoms with van der Waals surface area (Å²) in [5, 5.41) is 0. The first-order chi connectivity index (χ1) is 3.31. The number of allylic oxidation sites excluding steroid dienone is 1. The zero-order valence-corrected chi connectivity index (χ0v) is 5.53. The molecular formula is C4H6BrNO. The van der Waals surface area contributed by atoms with Crippen molar-refractivity contribution >= 4 is 22.1 Å². The van der Waals surface area contributed by atoms with E-state index in [1.165, 1.54) is 6.08 Å². The summed E-state index contributed by atoms with van der Waals surface area (Å²) in [6.07, 6.45) is 3.09. The molecule has 7 heavy (non-hydrogen) atoms. The van der Waals surface area contributed by atoms with Gasteiger partial charge in [-0.15, -0.1) is 0 Å². The monoisotopic (exact) mass is 163 g/mol. The van der Waals surface area contributed by atoms with Gasteiger partial charge in [0, 0.05) is 16.1 Å². The van der Waals surface area contributed by atoms with Crippen LogP contribution in [0.25, 0.3) is 0 Å². The number of carbonyl (C=O) groups excluding carboxylic acids is 1. The van der Waals surface area contributed by atoms with Crippen molar-refractivity contribution < 1.29 is 4.79 Å². The Morgan fingerprint density at radius 1 is 1.86 bits per heavy atom. The fraction of sp³-hybridized carbons (Fsp3) is 0.250. The molecule has 0 aliphatic heterocycles. The molecule has 1 amide bonds. The van der Waals surface area contributed by atoms with Gasteiger partial charge >= 0.3 is 0 Å². The zero-order chi connectivity index (χ0) is 5.70. The Hall–Kier alpha value is -0.310. The normalized spacial score (nSPS) is 9.43. The van der Waals surface area contributed by atoms with Crippen molar-refractivity contribution in [2.75, 3.05) is 0 Å². The van der Waals surface area contributed by atoms with E-state index in [4.69, 9.17) is 0 Å². The molecule has 40 valence electrons. The topological polar surface area (TPSA) is 29.1 Å². The molecule has 0 rings (SSSR count). The van der Waals surface area contributed by atoms with E-state index in [0.717, 1.165) is 0 Å². The molecule has 0 aromatic carbocycles. The van der Waals surface area contributed by atoms with E-state index in [2.05, 4.69) is 20.5 Å². The Labute approximate surface area is 50.9 Å². The summed E-state index contributed by atoms with van der Waals surface area (Å²) >= 11 is 2.76. The molecule has 1 N–H and O–H groups in total. The summed E-state index contributed by atoms with van der Waals surface area (Å²) in [5.41, 5.74) is 0. The molecule has 0 unspecified atom stereocenters. The number of nitrogens with one attached hydrogen (secondary N) is 1. The average Bonchev–Trinajstić information content (AvgIpc) is 1.68. The van der Waals surface area contributed by atoms with Gasteiger partial charge in [0.15, 0.2) is 0 Å². The van der Waals surface area contributed by atoms with Gasteiger partial charge in [-0.05, 0) is 13.0 Å². The number of rotatable bonds is 1. The largest absolute Gasteiger partial charge is 0.289 e. The molecule has 0 aromatic rings. The van der Waals surface area contributed by atoms with Gasteiger partial charge in [0.1, 0.15) is 0 Å². The van der Waals surface area contributed by atoms with E-state index in [1.807, 2.05) is 0 Å². The SMILES string of the molecule is CC=CC(=O)NBr. The van der Waals surface area contributed by atoms with Crippen LogP contribution >= 0.6 is 16.1 Å². The Balaban J connectivity index is 3.37. The van der Waals surface area contributed by atoms with E-state index in [0.29, 0.717) is 0 Å². The number of hydrogen-bond acceptors (Lipinski definition) is 1. The first-order valence-electron chi connectivity index (χ1n) is 1.84. The maximum absolute atomic E-state index is 10.2. The molecule has 0 saturated carbocycles. The lowest BCUT2D eigenvalue weighted by molar-refractivity contribution is -0.114. The third-order valence-corrected chi connectivity index (χ3v) is 0.802. The number of hydrogen-bond donors (Lipinski definition) is 1. The van der Waals surface area contributed by atoms with E-state index >= 15 is 0 Å². The fourth-order valence-corrected chi connectivity index (χ4v) is 0.315. The summed E-state index contributed by atoms with van der Waals surface area (Å²) in [5.74, 6) is -0.137. The standard InChI is InChI=1S/C4H6BrNO/c1-2-3-4(7)6-5/h2-3H,1H3,(H,6,7). The Kier molecular flexibility index (Phi) is 3.69. The van der Waals surface area contributed by atoms with Crippen LogP contribution in [-0.4, -0.2) is 5.91 Å². The fourth-order valence-electron chi connectivity index (χ4n) is 0.183. The molecule has 0 bridgehead atoms. The van der Waals surface area contributed by atoms with Crippen molar-refractivity contribution in [1.82, 2.24) is 4.34 Å². The summed E-state index contributed by atoms with van der Waals surface area (Å²) in [6, 6.07) is 0. The Morgan fingerprint density at radius 3 is 2.57 bits per heavy atom. The van der Waals surface area contributed by atoms with Crippen molar-refractivity contribution in [3.05, 3.63) is 12.2 Å². The summed E-state index contributed by atoms with van der Waals surface area (Å²) in [6.45, 7) is 1.78. The molecule has 3 heteroatoms.